The van der Waals surface area contributed by atoms with E-state index >= 15 is 0 Å². The number of rotatable bonds is 3. The summed E-state index contributed by atoms with van der Waals surface area (Å²) < 4.78 is 6.52. The predicted molar refractivity (Wildman–Crippen MR) is 120 cm³/mol. The Morgan fingerprint density at radius 3 is 2.97 bits per heavy atom. The van der Waals surface area contributed by atoms with Gasteiger partial charge in [0.05, 0.1) is 5.71 Å². The first kappa shape index (κ1) is 19.1. The van der Waals surface area contributed by atoms with Crippen molar-refractivity contribution in [2.24, 2.45) is 10.1 Å². The fourth-order valence-electron chi connectivity index (χ4n) is 4.75. The molecule has 154 valence electrons. The molecule has 1 fully saturated rings. The minimum atomic E-state index is 0.410. The van der Waals surface area contributed by atoms with Crippen molar-refractivity contribution in [1.82, 2.24) is 5.32 Å². The van der Waals surface area contributed by atoms with E-state index in [1.165, 1.54) is 12.0 Å². The van der Waals surface area contributed by atoms with Crippen molar-refractivity contribution in [1.29, 1.82) is 0 Å². The smallest absolute Gasteiger partial charge is 0.138 e. The van der Waals surface area contributed by atoms with E-state index in [1.54, 1.807) is 0 Å². The third-order valence-electron chi connectivity index (χ3n) is 6.34. The largest absolute Gasteiger partial charge is 0.460 e. The molecule has 1 aromatic heterocycles. The Morgan fingerprint density at radius 2 is 2.10 bits per heavy atom. The third-order valence-corrected chi connectivity index (χ3v) is 6.34. The van der Waals surface area contributed by atoms with Crippen LogP contribution in [-0.4, -0.2) is 30.2 Å². The average molecular weight is 402 g/mol. The van der Waals surface area contributed by atoms with Gasteiger partial charge in [0.25, 0.3) is 0 Å². The summed E-state index contributed by atoms with van der Waals surface area (Å²) in [6.07, 6.45) is 13.8. The molecule has 30 heavy (non-hydrogen) atoms. The molecule has 0 amide bonds. The van der Waals surface area contributed by atoms with Crippen molar-refractivity contribution in [2.45, 2.75) is 44.4 Å². The van der Waals surface area contributed by atoms with Crippen molar-refractivity contribution in [3.63, 3.8) is 0 Å². The lowest BCUT2D eigenvalue weighted by Gasteiger charge is -2.20. The van der Waals surface area contributed by atoms with Crippen LogP contribution in [0.1, 0.15) is 60.7 Å². The molecule has 1 aromatic carbocycles. The Bertz CT molecular complexity index is 1050. The van der Waals surface area contributed by atoms with Gasteiger partial charge in [-0.1, -0.05) is 29.4 Å². The molecule has 3 heterocycles. The van der Waals surface area contributed by atoms with Crippen molar-refractivity contribution < 1.29 is 9.62 Å². The number of hydrogen-bond acceptors (Lipinski definition) is 5. The van der Waals surface area contributed by atoms with Gasteiger partial charge >= 0.3 is 0 Å². The van der Waals surface area contributed by atoms with Crippen LogP contribution >= 0.6 is 0 Å². The van der Waals surface area contributed by atoms with E-state index in [9.17, 15) is 5.21 Å². The van der Waals surface area contributed by atoms with Gasteiger partial charge in [-0.3, -0.25) is 4.99 Å². The van der Waals surface area contributed by atoms with Crippen LogP contribution in [0.4, 0.5) is 0 Å². The molecular formula is C25H27N3O2. The molecule has 0 spiro atoms. The van der Waals surface area contributed by atoms with Gasteiger partial charge in [-0.25, -0.2) is 0 Å². The van der Waals surface area contributed by atoms with Gasteiger partial charge < -0.3 is 14.9 Å². The number of allylic oxidation sites excluding steroid dienone is 3. The summed E-state index contributed by atoms with van der Waals surface area (Å²) in [5.41, 5.74) is 6.55. The second-order valence-electron chi connectivity index (χ2n) is 8.29. The van der Waals surface area contributed by atoms with Gasteiger partial charge in [0, 0.05) is 41.6 Å². The summed E-state index contributed by atoms with van der Waals surface area (Å²) >= 11 is 0. The van der Waals surface area contributed by atoms with E-state index in [1.807, 2.05) is 12.4 Å². The Balaban J connectivity index is 1.59. The zero-order valence-corrected chi connectivity index (χ0v) is 17.1. The first-order chi connectivity index (χ1) is 14.8. The second-order valence-corrected chi connectivity index (χ2v) is 8.29. The van der Waals surface area contributed by atoms with Crippen LogP contribution < -0.4 is 5.32 Å². The number of benzene rings is 1. The number of aryl methyl sites for hydroxylation is 1. The quantitative estimate of drug-likeness (QED) is 0.542. The van der Waals surface area contributed by atoms with Gasteiger partial charge in [0.15, 0.2) is 0 Å². The number of aliphatic imine (C=N–C) groups is 1. The SMILES string of the molecule is O/N=C1\CCCc2cc(-c3cc(C4CCCNC4)oc3C3=CC=NC=CC3)ccc21. The molecule has 5 heteroatoms. The van der Waals surface area contributed by atoms with Gasteiger partial charge in [-0.15, -0.1) is 0 Å². The predicted octanol–water partition coefficient (Wildman–Crippen LogP) is 5.30. The Kier molecular flexibility index (Phi) is 5.37. The highest BCUT2D eigenvalue weighted by atomic mass is 16.4. The maximum Gasteiger partial charge on any atom is 0.138 e. The molecule has 1 aliphatic carbocycles. The van der Waals surface area contributed by atoms with Crippen LogP contribution in [-0.2, 0) is 6.42 Å². The minimum absolute atomic E-state index is 0.410. The number of nitrogens with one attached hydrogen (secondary N) is 1. The molecule has 5 rings (SSSR count). The van der Waals surface area contributed by atoms with Crippen LogP contribution in [0.15, 0.2) is 57.2 Å². The minimum Gasteiger partial charge on any atom is -0.460 e. The second kappa shape index (κ2) is 8.44. The van der Waals surface area contributed by atoms with Gasteiger partial charge in [0.1, 0.15) is 11.5 Å². The first-order valence-corrected chi connectivity index (χ1v) is 10.9. The Hall–Kier alpha value is -2.92. The van der Waals surface area contributed by atoms with E-state index in [4.69, 9.17) is 4.42 Å². The summed E-state index contributed by atoms with van der Waals surface area (Å²) in [5.74, 6) is 2.42. The zero-order valence-electron chi connectivity index (χ0n) is 17.1. The Morgan fingerprint density at radius 1 is 1.13 bits per heavy atom. The molecule has 1 atom stereocenters. The van der Waals surface area contributed by atoms with E-state index in [-0.39, 0.29) is 0 Å². The number of oxime groups is 1. The summed E-state index contributed by atoms with van der Waals surface area (Å²) in [6, 6.07) is 8.72. The third kappa shape index (κ3) is 3.65. The number of fused-ring (bicyclic) bond motifs is 1. The summed E-state index contributed by atoms with van der Waals surface area (Å²) in [5, 5.41) is 16.4. The molecule has 2 aliphatic heterocycles. The fourth-order valence-corrected chi connectivity index (χ4v) is 4.75. The summed E-state index contributed by atoms with van der Waals surface area (Å²) in [6.45, 7) is 2.05. The van der Waals surface area contributed by atoms with Crippen LogP contribution in [0.3, 0.4) is 0 Å². The van der Waals surface area contributed by atoms with Crippen LogP contribution in [0.2, 0.25) is 0 Å². The lowest BCUT2D eigenvalue weighted by atomic mass is 9.87. The monoisotopic (exact) mass is 401 g/mol. The van der Waals surface area contributed by atoms with E-state index in [0.29, 0.717) is 5.92 Å². The van der Waals surface area contributed by atoms with Crippen molar-refractivity contribution in [3.8, 4) is 11.1 Å². The van der Waals surface area contributed by atoms with Crippen LogP contribution in [0.25, 0.3) is 16.7 Å². The van der Waals surface area contributed by atoms with Gasteiger partial charge in [-0.2, -0.15) is 0 Å². The molecule has 1 unspecified atom stereocenters. The van der Waals surface area contributed by atoms with Crippen molar-refractivity contribution in [3.05, 3.63) is 65.3 Å². The lowest BCUT2D eigenvalue weighted by Crippen LogP contribution is -2.28. The maximum atomic E-state index is 9.35. The molecule has 0 saturated carbocycles. The highest BCUT2D eigenvalue weighted by Gasteiger charge is 2.24. The average Bonchev–Trinajstić information content (AvgIpc) is 3.07. The van der Waals surface area contributed by atoms with Gasteiger partial charge in [-0.05, 0) is 68.3 Å². The number of furan rings is 1. The maximum absolute atomic E-state index is 9.35. The molecule has 2 aromatic rings. The van der Waals surface area contributed by atoms with Gasteiger partial charge in [0.2, 0.25) is 0 Å². The van der Waals surface area contributed by atoms with E-state index < -0.39 is 0 Å². The topological polar surface area (TPSA) is 70.1 Å². The first-order valence-electron chi connectivity index (χ1n) is 10.9. The molecule has 0 bridgehead atoms. The highest BCUT2D eigenvalue weighted by Crippen LogP contribution is 2.39. The van der Waals surface area contributed by atoms with E-state index in [0.717, 1.165) is 84.7 Å². The van der Waals surface area contributed by atoms with E-state index in [2.05, 4.69) is 51.9 Å². The standard InChI is InChI=1S/C25H27N3O2/c29-28-23-7-1-4-18-14-19(8-9-21(18)23)22-15-24(20-6-3-12-27-16-20)30-25(22)17-5-2-11-26-13-10-17/h2,8-11,13-15,20,27,29H,1,3-7,12,16H2/b28-23+. The zero-order chi connectivity index (χ0) is 20.3. The highest BCUT2D eigenvalue weighted by molar-refractivity contribution is 6.03. The summed E-state index contributed by atoms with van der Waals surface area (Å²) in [7, 11) is 0. The summed E-state index contributed by atoms with van der Waals surface area (Å²) in [4.78, 5) is 4.25. The molecule has 5 nitrogen and oxygen atoms in total. The fraction of sp³-hybridized carbons (Fsp3) is 0.360. The normalized spacial score (nSPS) is 22.6. The molecule has 1 saturated heterocycles. The lowest BCUT2D eigenvalue weighted by molar-refractivity contribution is 0.317. The van der Waals surface area contributed by atoms with Crippen molar-refractivity contribution in [2.75, 3.05) is 13.1 Å². The van der Waals surface area contributed by atoms with Crippen LogP contribution in [0, 0.1) is 0 Å². The number of hydrogen-bond donors (Lipinski definition) is 2. The molecule has 0 radical (unpaired) electrons. The molecule has 2 N–H and O–H groups in total. The van der Waals surface area contributed by atoms with Crippen LogP contribution in [0.5, 0.6) is 0 Å². The Labute approximate surface area is 176 Å². The number of nitrogens with zero attached hydrogens (tertiary/aromatic N) is 2. The molecular weight excluding hydrogens is 374 g/mol. The molecule has 3 aliphatic rings. The number of piperidine rings is 1. The van der Waals surface area contributed by atoms with Crippen molar-refractivity contribution >= 4 is 17.5 Å².